The molecule has 0 saturated carbocycles. The minimum Gasteiger partial charge on any atom is -0.493 e. The Bertz CT molecular complexity index is 1110. The molecule has 32 heavy (non-hydrogen) atoms. The van der Waals surface area contributed by atoms with Crippen LogP contribution in [0.3, 0.4) is 0 Å². The summed E-state index contributed by atoms with van der Waals surface area (Å²) in [5.41, 5.74) is 6.47. The highest BCUT2D eigenvalue weighted by atomic mass is 16.5. The molecular formula is C25H29N5O2. The quantitative estimate of drug-likeness (QED) is 0.419. The van der Waals surface area contributed by atoms with Gasteiger partial charge in [0, 0.05) is 26.1 Å². The Kier molecular flexibility index (Phi) is 6.97. The van der Waals surface area contributed by atoms with E-state index in [-0.39, 0.29) is 5.56 Å². The Balaban J connectivity index is 1.36. The van der Waals surface area contributed by atoms with E-state index in [4.69, 9.17) is 4.74 Å². The van der Waals surface area contributed by atoms with Crippen molar-refractivity contribution in [1.29, 1.82) is 0 Å². The minimum absolute atomic E-state index is 0.114. The van der Waals surface area contributed by atoms with Crippen molar-refractivity contribution in [2.75, 3.05) is 18.6 Å². The third kappa shape index (κ3) is 5.82. The van der Waals surface area contributed by atoms with E-state index in [9.17, 15) is 4.79 Å². The minimum atomic E-state index is -0.114. The molecule has 0 saturated heterocycles. The average molecular weight is 432 g/mol. The van der Waals surface area contributed by atoms with Crippen LogP contribution >= 0.6 is 0 Å². The molecule has 0 bridgehead atoms. The largest absolute Gasteiger partial charge is 0.493 e. The van der Waals surface area contributed by atoms with Crippen molar-refractivity contribution in [3.8, 4) is 5.75 Å². The Morgan fingerprint density at radius 3 is 2.72 bits per heavy atom. The first-order valence-electron chi connectivity index (χ1n) is 11.0. The second-order valence-corrected chi connectivity index (χ2v) is 8.43. The van der Waals surface area contributed by atoms with Gasteiger partial charge in [-0.05, 0) is 41.3 Å². The second-order valence-electron chi connectivity index (χ2n) is 8.43. The first-order chi connectivity index (χ1) is 15.6. The third-order valence-electron chi connectivity index (χ3n) is 5.24. The maximum absolute atomic E-state index is 12.6. The standard InChI is InChI=1S/C25H29N5O2/c1-18(2)17-32-21-10-8-19(9-11-21)14-26-29-25-27-23-12-13-30(16-22(23)24(31)28-25)15-20-6-4-3-5-7-20/h3-11,14,18H,12-13,15-17H2,1-2H3,(H2,27,28,29,31)/b26-14-. The number of aromatic nitrogens is 2. The Morgan fingerprint density at radius 1 is 1.19 bits per heavy atom. The normalized spacial score (nSPS) is 14.0. The smallest absolute Gasteiger partial charge is 0.257 e. The summed E-state index contributed by atoms with van der Waals surface area (Å²) in [6.45, 7) is 7.22. The van der Waals surface area contributed by atoms with Crippen LogP contribution in [0.25, 0.3) is 0 Å². The van der Waals surface area contributed by atoms with Gasteiger partial charge in [-0.3, -0.25) is 14.7 Å². The van der Waals surface area contributed by atoms with Gasteiger partial charge in [-0.1, -0.05) is 44.2 Å². The number of aromatic amines is 1. The van der Waals surface area contributed by atoms with Crippen molar-refractivity contribution in [3.63, 3.8) is 0 Å². The number of nitrogens with one attached hydrogen (secondary N) is 2. The SMILES string of the molecule is CC(C)COc1ccc(/C=N\Nc2nc3c(c(=O)[nH]2)CN(Cc2ccccc2)CC3)cc1. The lowest BCUT2D eigenvalue weighted by Crippen LogP contribution is -2.35. The van der Waals surface area contributed by atoms with E-state index in [0.29, 0.717) is 25.0 Å². The lowest BCUT2D eigenvalue weighted by molar-refractivity contribution is 0.242. The average Bonchev–Trinajstić information content (AvgIpc) is 2.80. The monoisotopic (exact) mass is 431 g/mol. The molecular weight excluding hydrogens is 402 g/mol. The maximum Gasteiger partial charge on any atom is 0.257 e. The number of hydrogen-bond donors (Lipinski definition) is 2. The van der Waals surface area contributed by atoms with E-state index in [1.54, 1.807) is 6.21 Å². The molecule has 0 aliphatic carbocycles. The van der Waals surface area contributed by atoms with Crippen LogP contribution in [0.4, 0.5) is 5.95 Å². The molecule has 0 radical (unpaired) electrons. The molecule has 0 atom stereocenters. The molecule has 1 aliphatic heterocycles. The number of hydrazone groups is 1. The van der Waals surface area contributed by atoms with E-state index in [1.807, 2.05) is 42.5 Å². The zero-order valence-corrected chi connectivity index (χ0v) is 18.5. The maximum atomic E-state index is 12.6. The van der Waals surface area contributed by atoms with Crippen molar-refractivity contribution in [2.45, 2.75) is 33.4 Å². The van der Waals surface area contributed by atoms with Gasteiger partial charge in [0.15, 0.2) is 0 Å². The highest BCUT2D eigenvalue weighted by Crippen LogP contribution is 2.17. The van der Waals surface area contributed by atoms with E-state index in [1.165, 1.54) is 5.56 Å². The van der Waals surface area contributed by atoms with Gasteiger partial charge in [-0.25, -0.2) is 10.4 Å². The van der Waals surface area contributed by atoms with E-state index >= 15 is 0 Å². The predicted molar refractivity (Wildman–Crippen MR) is 127 cm³/mol. The van der Waals surface area contributed by atoms with Crippen molar-refractivity contribution in [1.82, 2.24) is 14.9 Å². The van der Waals surface area contributed by atoms with Crippen molar-refractivity contribution in [2.24, 2.45) is 11.0 Å². The molecule has 7 heteroatoms. The van der Waals surface area contributed by atoms with Gasteiger partial charge in [-0.15, -0.1) is 0 Å². The van der Waals surface area contributed by atoms with Crippen molar-refractivity contribution >= 4 is 12.2 Å². The first kappa shape index (κ1) is 21.8. The van der Waals surface area contributed by atoms with Crippen LogP contribution in [0, 0.1) is 5.92 Å². The van der Waals surface area contributed by atoms with Crippen LogP contribution in [-0.2, 0) is 19.5 Å². The third-order valence-corrected chi connectivity index (χ3v) is 5.24. The second kappa shape index (κ2) is 10.2. The van der Waals surface area contributed by atoms with E-state index in [2.05, 4.69) is 51.4 Å². The zero-order valence-electron chi connectivity index (χ0n) is 18.5. The zero-order chi connectivity index (χ0) is 22.3. The number of rotatable bonds is 8. The van der Waals surface area contributed by atoms with E-state index < -0.39 is 0 Å². The van der Waals surface area contributed by atoms with Gasteiger partial charge >= 0.3 is 0 Å². The summed E-state index contributed by atoms with van der Waals surface area (Å²) in [7, 11) is 0. The molecule has 1 aliphatic rings. The van der Waals surface area contributed by atoms with Gasteiger partial charge in [0.1, 0.15) is 5.75 Å². The van der Waals surface area contributed by atoms with Gasteiger partial charge in [0.2, 0.25) is 5.95 Å². The summed E-state index contributed by atoms with van der Waals surface area (Å²) in [6.07, 6.45) is 2.43. The number of benzene rings is 2. The van der Waals surface area contributed by atoms with Crippen LogP contribution in [-0.4, -0.2) is 34.2 Å². The topological polar surface area (TPSA) is 82.6 Å². The lowest BCUT2D eigenvalue weighted by Gasteiger charge is -2.27. The van der Waals surface area contributed by atoms with Crippen molar-refractivity contribution < 1.29 is 4.74 Å². The van der Waals surface area contributed by atoms with Gasteiger partial charge < -0.3 is 4.74 Å². The van der Waals surface area contributed by atoms with Crippen LogP contribution in [0.5, 0.6) is 5.75 Å². The number of H-pyrrole nitrogens is 1. The Labute approximate surface area is 188 Å². The number of nitrogens with zero attached hydrogens (tertiary/aromatic N) is 3. The van der Waals surface area contributed by atoms with Gasteiger partial charge in [0.05, 0.1) is 24.1 Å². The molecule has 0 spiro atoms. The Morgan fingerprint density at radius 2 is 1.97 bits per heavy atom. The molecule has 2 N–H and O–H groups in total. The number of anilines is 1. The van der Waals surface area contributed by atoms with Gasteiger partial charge in [-0.2, -0.15) is 5.10 Å². The van der Waals surface area contributed by atoms with Crippen molar-refractivity contribution in [3.05, 3.63) is 87.3 Å². The van der Waals surface area contributed by atoms with Crippen LogP contribution < -0.4 is 15.7 Å². The number of hydrogen-bond acceptors (Lipinski definition) is 6. The fourth-order valence-corrected chi connectivity index (χ4v) is 3.59. The molecule has 0 fully saturated rings. The summed E-state index contributed by atoms with van der Waals surface area (Å²) in [6, 6.07) is 18.0. The molecule has 2 aromatic carbocycles. The van der Waals surface area contributed by atoms with Crippen LogP contribution in [0.1, 0.15) is 36.2 Å². The lowest BCUT2D eigenvalue weighted by atomic mass is 10.1. The fourth-order valence-electron chi connectivity index (χ4n) is 3.59. The molecule has 2 heterocycles. The molecule has 7 nitrogen and oxygen atoms in total. The van der Waals surface area contributed by atoms with Gasteiger partial charge in [0.25, 0.3) is 5.56 Å². The predicted octanol–water partition coefficient (Wildman–Crippen LogP) is 3.81. The highest BCUT2D eigenvalue weighted by molar-refractivity contribution is 5.80. The van der Waals surface area contributed by atoms with Crippen LogP contribution in [0.15, 0.2) is 64.5 Å². The van der Waals surface area contributed by atoms with Crippen LogP contribution in [0.2, 0.25) is 0 Å². The molecule has 166 valence electrons. The summed E-state index contributed by atoms with van der Waals surface area (Å²) in [5, 5.41) is 4.22. The molecule has 0 unspecified atom stereocenters. The molecule has 0 amide bonds. The summed E-state index contributed by atoms with van der Waals surface area (Å²) >= 11 is 0. The highest BCUT2D eigenvalue weighted by Gasteiger charge is 2.21. The number of fused-ring (bicyclic) bond motifs is 1. The summed E-state index contributed by atoms with van der Waals surface area (Å²) in [5.74, 6) is 1.68. The number of ether oxygens (including phenoxy) is 1. The first-order valence-corrected chi connectivity index (χ1v) is 11.0. The summed E-state index contributed by atoms with van der Waals surface area (Å²) < 4.78 is 5.69. The summed E-state index contributed by atoms with van der Waals surface area (Å²) in [4.78, 5) is 22.3. The van der Waals surface area contributed by atoms with E-state index in [0.717, 1.165) is 42.1 Å². The Hall–Kier alpha value is -3.45. The molecule has 1 aromatic heterocycles. The molecule has 4 rings (SSSR count). The molecule has 3 aromatic rings. The fraction of sp³-hybridized carbons (Fsp3) is 0.320.